The van der Waals surface area contributed by atoms with Crippen LogP contribution in [0.15, 0.2) is 18.2 Å². The monoisotopic (exact) mass is 283 g/mol. The second-order valence-corrected chi connectivity index (χ2v) is 5.33. The first kappa shape index (κ1) is 14.0. The van der Waals surface area contributed by atoms with E-state index in [0.717, 1.165) is 16.6 Å². The number of hydrogen-bond acceptors (Lipinski definition) is 4. The summed E-state index contributed by atoms with van der Waals surface area (Å²) in [6.45, 7) is 3.99. The summed E-state index contributed by atoms with van der Waals surface area (Å²) < 4.78 is 31.2. The van der Waals surface area contributed by atoms with Crippen LogP contribution in [-0.4, -0.2) is 16.6 Å². The topological polar surface area (TPSA) is 37.8 Å². The quantitative estimate of drug-likeness (QED) is 0.936. The third-order valence-electron chi connectivity index (χ3n) is 2.93. The van der Waals surface area contributed by atoms with Crippen molar-refractivity contribution in [2.45, 2.75) is 25.8 Å². The Morgan fingerprint density at radius 3 is 2.63 bits per heavy atom. The molecule has 0 fully saturated rings. The van der Waals surface area contributed by atoms with Crippen LogP contribution in [0.5, 0.6) is 0 Å². The molecular weight excluding hydrogens is 268 g/mol. The number of halogens is 2. The van der Waals surface area contributed by atoms with E-state index in [1.807, 2.05) is 13.8 Å². The van der Waals surface area contributed by atoms with Crippen LogP contribution >= 0.6 is 11.5 Å². The van der Waals surface area contributed by atoms with Crippen LogP contribution in [0.25, 0.3) is 0 Å². The maximum absolute atomic E-state index is 13.9. The first-order valence-electron chi connectivity index (χ1n) is 5.99. The summed E-state index contributed by atoms with van der Waals surface area (Å²) in [7, 11) is 1.71. The lowest BCUT2D eigenvalue weighted by molar-refractivity contribution is 0.487. The van der Waals surface area contributed by atoms with Gasteiger partial charge in [-0.15, -0.1) is 5.10 Å². The SMILES string of the molecule is CNC(c1cccc(F)c1F)c1snnc1C(C)C. The average Bonchev–Trinajstić information content (AvgIpc) is 2.85. The number of rotatable bonds is 4. The summed E-state index contributed by atoms with van der Waals surface area (Å²) in [6.07, 6.45) is 0. The highest BCUT2D eigenvalue weighted by Gasteiger charge is 2.24. The number of nitrogens with zero attached hydrogens (tertiary/aromatic N) is 2. The zero-order chi connectivity index (χ0) is 14.0. The first-order valence-corrected chi connectivity index (χ1v) is 6.77. The Morgan fingerprint density at radius 2 is 2.00 bits per heavy atom. The van der Waals surface area contributed by atoms with Crippen LogP contribution in [0.4, 0.5) is 8.78 Å². The van der Waals surface area contributed by atoms with Gasteiger partial charge in [-0.2, -0.15) is 0 Å². The number of benzene rings is 1. The molecule has 0 aliphatic rings. The van der Waals surface area contributed by atoms with E-state index < -0.39 is 17.7 Å². The first-order chi connectivity index (χ1) is 9.06. The summed E-state index contributed by atoms with van der Waals surface area (Å²) >= 11 is 1.21. The summed E-state index contributed by atoms with van der Waals surface area (Å²) in [5.41, 5.74) is 1.09. The van der Waals surface area contributed by atoms with Crippen molar-refractivity contribution in [3.63, 3.8) is 0 Å². The minimum Gasteiger partial charge on any atom is -0.308 e. The van der Waals surface area contributed by atoms with Gasteiger partial charge in [0.25, 0.3) is 0 Å². The van der Waals surface area contributed by atoms with E-state index >= 15 is 0 Å². The maximum Gasteiger partial charge on any atom is 0.163 e. The molecular formula is C13H15F2N3S. The zero-order valence-corrected chi connectivity index (χ0v) is 11.8. The molecule has 6 heteroatoms. The fourth-order valence-corrected chi connectivity index (χ4v) is 2.91. The van der Waals surface area contributed by atoms with Gasteiger partial charge >= 0.3 is 0 Å². The van der Waals surface area contributed by atoms with Gasteiger partial charge in [0.2, 0.25) is 0 Å². The van der Waals surface area contributed by atoms with Crippen molar-refractivity contribution in [2.24, 2.45) is 0 Å². The Labute approximate surface area is 114 Å². The van der Waals surface area contributed by atoms with Crippen molar-refractivity contribution in [3.05, 3.63) is 46.0 Å². The molecule has 1 unspecified atom stereocenters. The number of hydrogen-bond donors (Lipinski definition) is 1. The molecule has 0 aliphatic heterocycles. The van der Waals surface area contributed by atoms with Gasteiger partial charge in [0.05, 0.1) is 16.6 Å². The van der Waals surface area contributed by atoms with Crippen molar-refractivity contribution < 1.29 is 8.78 Å². The minimum absolute atomic E-state index is 0.182. The van der Waals surface area contributed by atoms with Gasteiger partial charge in [0.15, 0.2) is 11.6 Å². The highest BCUT2D eigenvalue weighted by molar-refractivity contribution is 7.05. The third-order valence-corrected chi connectivity index (χ3v) is 3.74. The second kappa shape index (κ2) is 5.71. The predicted octanol–water partition coefficient (Wildman–Crippen LogP) is 3.25. The van der Waals surface area contributed by atoms with E-state index in [1.54, 1.807) is 13.1 Å². The molecule has 0 saturated carbocycles. The second-order valence-electron chi connectivity index (χ2n) is 4.54. The molecule has 1 heterocycles. The van der Waals surface area contributed by atoms with E-state index in [2.05, 4.69) is 14.9 Å². The molecule has 2 rings (SSSR count). The van der Waals surface area contributed by atoms with Crippen molar-refractivity contribution >= 4 is 11.5 Å². The van der Waals surface area contributed by atoms with Crippen LogP contribution in [0, 0.1) is 11.6 Å². The molecule has 0 saturated heterocycles. The summed E-state index contributed by atoms with van der Waals surface area (Å²) in [5.74, 6) is -1.49. The van der Waals surface area contributed by atoms with Crippen LogP contribution < -0.4 is 5.32 Å². The lowest BCUT2D eigenvalue weighted by Gasteiger charge is -2.17. The Hall–Kier alpha value is -1.40. The van der Waals surface area contributed by atoms with E-state index in [1.165, 1.54) is 17.6 Å². The third kappa shape index (κ3) is 2.64. The van der Waals surface area contributed by atoms with Gasteiger partial charge in [0.1, 0.15) is 0 Å². The van der Waals surface area contributed by atoms with Gasteiger partial charge in [-0.3, -0.25) is 0 Å². The average molecular weight is 283 g/mol. The Kier molecular flexibility index (Phi) is 4.21. The van der Waals surface area contributed by atoms with Crippen LogP contribution in [-0.2, 0) is 0 Å². The smallest absolute Gasteiger partial charge is 0.163 e. The molecule has 3 nitrogen and oxygen atoms in total. The molecule has 1 N–H and O–H groups in total. The lowest BCUT2D eigenvalue weighted by atomic mass is 10.00. The molecule has 1 atom stereocenters. The van der Waals surface area contributed by atoms with Gasteiger partial charge in [-0.1, -0.05) is 30.5 Å². The van der Waals surface area contributed by atoms with E-state index in [9.17, 15) is 8.78 Å². The molecule has 0 amide bonds. The van der Waals surface area contributed by atoms with E-state index in [4.69, 9.17) is 0 Å². The van der Waals surface area contributed by atoms with E-state index in [0.29, 0.717) is 0 Å². The molecule has 1 aromatic heterocycles. The summed E-state index contributed by atoms with van der Waals surface area (Å²) in [4.78, 5) is 0.821. The van der Waals surface area contributed by atoms with Crippen molar-refractivity contribution in [3.8, 4) is 0 Å². The Balaban J connectivity index is 2.50. The van der Waals surface area contributed by atoms with Gasteiger partial charge < -0.3 is 5.32 Å². The predicted molar refractivity (Wildman–Crippen MR) is 71.3 cm³/mol. The number of aromatic nitrogens is 2. The van der Waals surface area contributed by atoms with Crippen LogP contribution in [0.2, 0.25) is 0 Å². The van der Waals surface area contributed by atoms with Crippen molar-refractivity contribution in [1.29, 1.82) is 0 Å². The summed E-state index contributed by atoms with van der Waals surface area (Å²) in [6, 6.07) is 3.75. The van der Waals surface area contributed by atoms with Gasteiger partial charge in [-0.25, -0.2) is 8.78 Å². The number of nitrogens with one attached hydrogen (secondary N) is 1. The molecule has 19 heavy (non-hydrogen) atoms. The minimum atomic E-state index is -0.846. The summed E-state index contributed by atoms with van der Waals surface area (Å²) in [5, 5.41) is 7.08. The molecule has 102 valence electrons. The normalized spacial score (nSPS) is 12.9. The fraction of sp³-hybridized carbons (Fsp3) is 0.385. The van der Waals surface area contributed by atoms with E-state index in [-0.39, 0.29) is 11.5 Å². The zero-order valence-electron chi connectivity index (χ0n) is 10.9. The largest absolute Gasteiger partial charge is 0.308 e. The van der Waals surface area contributed by atoms with Gasteiger partial charge in [0, 0.05) is 5.56 Å². The molecule has 2 aromatic rings. The van der Waals surface area contributed by atoms with Crippen LogP contribution in [0.3, 0.4) is 0 Å². The standard InChI is InChI=1S/C13H15F2N3S/c1-7(2)11-13(19-18-17-11)12(16-3)8-5-4-6-9(14)10(8)15/h4-7,12,16H,1-3H3. The fourth-order valence-electron chi connectivity index (χ4n) is 1.98. The highest BCUT2D eigenvalue weighted by Crippen LogP contribution is 2.32. The Morgan fingerprint density at radius 1 is 1.26 bits per heavy atom. The molecule has 0 aliphatic carbocycles. The van der Waals surface area contributed by atoms with Gasteiger partial charge in [-0.05, 0) is 30.6 Å². The Bertz CT molecular complexity index is 569. The molecule has 0 bridgehead atoms. The molecule has 0 spiro atoms. The molecule has 0 radical (unpaired) electrons. The maximum atomic E-state index is 13.9. The highest BCUT2D eigenvalue weighted by atomic mass is 32.1. The van der Waals surface area contributed by atoms with Crippen molar-refractivity contribution in [2.75, 3.05) is 7.05 Å². The van der Waals surface area contributed by atoms with Crippen molar-refractivity contribution in [1.82, 2.24) is 14.9 Å². The lowest BCUT2D eigenvalue weighted by Crippen LogP contribution is -2.20. The molecule has 1 aromatic carbocycles. The van der Waals surface area contributed by atoms with Crippen LogP contribution in [0.1, 0.15) is 41.9 Å².